The smallest absolute Gasteiger partial charge is 0.326 e. The van der Waals surface area contributed by atoms with E-state index in [0.29, 0.717) is 17.7 Å². The van der Waals surface area contributed by atoms with Gasteiger partial charge in [0, 0.05) is 23.5 Å². The van der Waals surface area contributed by atoms with Crippen LogP contribution in [0.3, 0.4) is 0 Å². The molecule has 1 atom stereocenters. The normalized spacial score (nSPS) is 11.6. The zero-order valence-electron chi connectivity index (χ0n) is 21.7. The Balaban J connectivity index is 1.60. The van der Waals surface area contributed by atoms with Crippen LogP contribution in [0.4, 0.5) is 0 Å². The molecule has 2 N–H and O–H groups in total. The molecule has 0 fully saturated rings. The zero-order valence-corrected chi connectivity index (χ0v) is 22.5. The van der Waals surface area contributed by atoms with Gasteiger partial charge in [0.05, 0.1) is 0 Å². The summed E-state index contributed by atoms with van der Waals surface area (Å²) in [4.78, 5) is 29.5. The number of carboxylic acid groups (broad SMARTS) is 1. The predicted octanol–water partition coefficient (Wildman–Crippen LogP) is 6.45. The lowest BCUT2D eigenvalue weighted by atomic mass is 9.92. The van der Waals surface area contributed by atoms with E-state index in [1.54, 1.807) is 11.8 Å². The van der Waals surface area contributed by atoms with Crippen molar-refractivity contribution in [2.45, 2.75) is 32.2 Å². The number of carbonyl (C=O) groups excluding carboxylic acids is 1. The molecular formula is C32H32N2O3S. The molecule has 1 unspecified atom stereocenters. The number of pyridine rings is 1. The number of amides is 1. The molecule has 194 valence electrons. The van der Waals surface area contributed by atoms with Gasteiger partial charge >= 0.3 is 5.97 Å². The monoisotopic (exact) mass is 524 g/mol. The SMILES string of the molecule is CSCCC(NC(=O)c1ccc(CCc2cncc(-c3ccccc3)c2)cc1-c1ccccc1C)C(=O)O. The number of hydrogen-bond donors (Lipinski definition) is 2. The van der Waals surface area contributed by atoms with Gasteiger partial charge in [0.2, 0.25) is 0 Å². The maximum absolute atomic E-state index is 13.3. The molecule has 0 bridgehead atoms. The first-order chi connectivity index (χ1) is 18.5. The minimum Gasteiger partial charge on any atom is -0.480 e. The summed E-state index contributed by atoms with van der Waals surface area (Å²) in [6.07, 6.45) is 7.66. The third-order valence-corrected chi connectivity index (χ3v) is 7.23. The van der Waals surface area contributed by atoms with Crippen LogP contribution in [0, 0.1) is 6.92 Å². The van der Waals surface area contributed by atoms with E-state index in [1.807, 2.05) is 80.2 Å². The minimum atomic E-state index is -1.02. The third-order valence-electron chi connectivity index (χ3n) is 6.58. The molecule has 4 rings (SSSR count). The molecule has 3 aromatic carbocycles. The summed E-state index contributed by atoms with van der Waals surface area (Å²) >= 11 is 1.56. The Bertz CT molecular complexity index is 1400. The van der Waals surface area contributed by atoms with E-state index < -0.39 is 12.0 Å². The second-order valence-electron chi connectivity index (χ2n) is 9.29. The Morgan fingerprint density at radius 3 is 2.34 bits per heavy atom. The van der Waals surface area contributed by atoms with Gasteiger partial charge in [0.15, 0.2) is 0 Å². The number of aryl methyl sites for hydroxylation is 3. The molecule has 0 spiro atoms. The summed E-state index contributed by atoms with van der Waals surface area (Å²) in [6, 6.07) is 25.2. The molecule has 0 saturated heterocycles. The number of rotatable bonds is 11. The molecule has 1 aromatic heterocycles. The Kier molecular flexibility index (Phi) is 9.33. The Hall–Kier alpha value is -3.90. The van der Waals surface area contributed by atoms with Crippen LogP contribution in [0.5, 0.6) is 0 Å². The van der Waals surface area contributed by atoms with Gasteiger partial charge in [-0.25, -0.2) is 4.79 Å². The number of benzene rings is 3. The molecule has 1 heterocycles. The molecule has 6 heteroatoms. The molecule has 0 radical (unpaired) electrons. The van der Waals surface area contributed by atoms with Crippen molar-refractivity contribution >= 4 is 23.6 Å². The van der Waals surface area contributed by atoms with E-state index in [4.69, 9.17) is 0 Å². The number of aliphatic carboxylic acids is 1. The fourth-order valence-electron chi connectivity index (χ4n) is 4.47. The van der Waals surface area contributed by atoms with Gasteiger partial charge in [0.1, 0.15) is 6.04 Å². The maximum Gasteiger partial charge on any atom is 0.326 e. The van der Waals surface area contributed by atoms with Crippen molar-refractivity contribution in [3.63, 3.8) is 0 Å². The lowest BCUT2D eigenvalue weighted by Crippen LogP contribution is -2.41. The number of carbonyl (C=O) groups is 2. The van der Waals surface area contributed by atoms with Gasteiger partial charge in [-0.1, -0.05) is 66.7 Å². The molecule has 0 aliphatic heterocycles. The van der Waals surface area contributed by atoms with Crippen molar-refractivity contribution in [1.29, 1.82) is 0 Å². The lowest BCUT2D eigenvalue weighted by molar-refractivity contribution is -0.139. The van der Waals surface area contributed by atoms with Gasteiger partial charge in [-0.3, -0.25) is 9.78 Å². The topological polar surface area (TPSA) is 79.3 Å². The number of carboxylic acids is 1. The van der Waals surface area contributed by atoms with Gasteiger partial charge in [-0.15, -0.1) is 0 Å². The summed E-state index contributed by atoms with van der Waals surface area (Å²) in [7, 11) is 0. The van der Waals surface area contributed by atoms with Crippen LogP contribution in [-0.2, 0) is 17.6 Å². The number of nitrogens with zero attached hydrogens (tertiary/aromatic N) is 1. The molecule has 5 nitrogen and oxygen atoms in total. The first-order valence-corrected chi connectivity index (χ1v) is 14.1. The summed E-state index contributed by atoms with van der Waals surface area (Å²) in [5.41, 5.74) is 7.76. The van der Waals surface area contributed by atoms with Crippen molar-refractivity contribution in [2.24, 2.45) is 0 Å². The largest absolute Gasteiger partial charge is 0.480 e. The Morgan fingerprint density at radius 1 is 0.868 bits per heavy atom. The maximum atomic E-state index is 13.3. The fourth-order valence-corrected chi connectivity index (χ4v) is 4.94. The van der Waals surface area contributed by atoms with Gasteiger partial charge in [0.25, 0.3) is 5.91 Å². The average molecular weight is 525 g/mol. The highest BCUT2D eigenvalue weighted by Crippen LogP contribution is 2.29. The van der Waals surface area contributed by atoms with E-state index >= 15 is 0 Å². The van der Waals surface area contributed by atoms with Crippen LogP contribution < -0.4 is 5.32 Å². The molecule has 38 heavy (non-hydrogen) atoms. The van der Waals surface area contributed by atoms with E-state index in [2.05, 4.69) is 34.6 Å². The molecule has 0 aliphatic rings. The van der Waals surface area contributed by atoms with E-state index in [9.17, 15) is 14.7 Å². The second kappa shape index (κ2) is 13.1. The van der Waals surface area contributed by atoms with Crippen LogP contribution in [0.15, 0.2) is 91.3 Å². The van der Waals surface area contributed by atoms with Crippen LogP contribution in [0.25, 0.3) is 22.3 Å². The van der Waals surface area contributed by atoms with E-state index in [-0.39, 0.29) is 5.91 Å². The van der Waals surface area contributed by atoms with Crippen LogP contribution >= 0.6 is 11.8 Å². The standard InChI is InChI=1S/C32H32N2O3S/c1-22-8-6-7-11-27(22)29-19-23(14-15-28(29)31(35)34-30(32(36)37)16-17-38-2)12-13-24-18-26(21-33-20-24)25-9-4-3-5-10-25/h3-11,14-15,18-21,30H,12-13,16-17H2,1-2H3,(H,34,35)(H,36,37). The predicted molar refractivity (Wildman–Crippen MR) is 156 cm³/mol. The highest BCUT2D eigenvalue weighted by Gasteiger charge is 2.22. The van der Waals surface area contributed by atoms with Crippen molar-refractivity contribution in [1.82, 2.24) is 10.3 Å². The van der Waals surface area contributed by atoms with E-state index in [1.165, 1.54) is 0 Å². The second-order valence-corrected chi connectivity index (χ2v) is 10.3. The lowest BCUT2D eigenvalue weighted by Gasteiger charge is -2.18. The van der Waals surface area contributed by atoms with E-state index in [0.717, 1.165) is 51.8 Å². The summed E-state index contributed by atoms with van der Waals surface area (Å²) < 4.78 is 0. The molecule has 0 saturated carbocycles. The van der Waals surface area contributed by atoms with Gasteiger partial charge in [-0.2, -0.15) is 11.8 Å². The average Bonchev–Trinajstić information content (AvgIpc) is 2.94. The molecule has 4 aromatic rings. The zero-order chi connectivity index (χ0) is 26.9. The number of thioether (sulfide) groups is 1. The third kappa shape index (κ3) is 6.90. The molecular weight excluding hydrogens is 492 g/mol. The summed E-state index contributed by atoms with van der Waals surface area (Å²) in [5, 5.41) is 12.3. The Labute approximate surface area is 228 Å². The van der Waals surface area contributed by atoms with Crippen LogP contribution in [0.2, 0.25) is 0 Å². The first-order valence-electron chi connectivity index (χ1n) is 12.7. The highest BCUT2D eigenvalue weighted by atomic mass is 32.2. The fraction of sp³-hybridized carbons (Fsp3) is 0.219. The van der Waals surface area contributed by atoms with Crippen LogP contribution in [-0.4, -0.2) is 40.0 Å². The first kappa shape index (κ1) is 27.1. The van der Waals surface area contributed by atoms with Gasteiger partial charge in [-0.05, 0) is 83.7 Å². The quantitative estimate of drug-likeness (QED) is 0.236. The van der Waals surface area contributed by atoms with Crippen molar-refractivity contribution in [3.8, 4) is 22.3 Å². The number of aromatic nitrogens is 1. The van der Waals surface area contributed by atoms with Crippen molar-refractivity contribution < 1.29 is 14.7 Å². The van der Waals surface area contributed by atoms with Crippen LogP contribution in [0.1, 0.15) is 33.5 Å². The van der Waals surface area contributed by atoms with Crippen molar-refractivity contribution in [2.75, 3.05) is 12.0 Å². The Morgan fingerprint density at radius 2 is 1.61 bits per heavy atom. The van der Waals surface area contributed by atoms with Crippen molar-refractivity contribution in [3.05, 3.63) is 114 Å². The minimum absolute atomic E-state index is 0.371. The summed E-state index contributed by atoms with van der Waals surface area (Å²) in [6.45, 7) is 2.02. The summed E-state index contributed by atoms with van der Waals surface area (Å²) in [5.74, 6) is -0.739. The highest BCUT2D eigenvalue weighted by molar-refractivity contribution is 7.98. The molecule has 1 amide bonds. The van der Waals surface area contributed by atoms with Gasteiger partial charge < -0.3 is 10.4 Å². The molecule has 0 aliphatic carbocycles. The number of nitrogens with one attached hydrogen (secondary N) is 1. The number of hydrogen-bond acceptors (Lipinski definition) is 4.